The maximum Gasteiger partial charge on any atom is 0.328 e. The van der Waals surface area contributed by atoms with Crippen molar-refractivity contribution in [2.75, 3.05) is 26.2 Å². The lowest BCUT2D eigenvalue weighted by Gasteiger charge is -2.40. The van der Waals surface area contributed by atoms with Gasteiger partial charge in [-0.25, -0.2) is 0 Å². The van der Waals surface area contributed by atoms with Crippen LogP contribution in [0.25, 0.3) is 45.4 Å². The lowest BCUT2D eigenvalue weighted by atomic mass is 9.96. The van der Waals surface area contributed by atoms with Crippen molar-refractivity contribution in [3.8, 4) is 0 Å². The molecule has 46 heavy (non-hydrogen) atoms. The largest absolute Gasteiger partial charge is 0.753 e. The number of rotatable bonds is 2. The van der Waals surface area contributed by atoms with Crippen LogP contribution in [0.3, 0.4) is 0 Å². The topological polar surface area (TPSA) is 96.9 Å². The van der Waals surface area contributed by atoms with E-state index in [0.29, 0.717) is 58.5 Å². The number of carbonyl (C=O) groups is 2. The minimum atomic E-state index is -0.350. The molecule has 0 saturated carbocycles. The Kier molecular flexibility index (Phi) is 6.72. The molecule has 2 fully saturated rings. The third-order valence-electron chi connectivity index (χ3n) is 10.1. The van der Waals surface area contributed by atoms with Gasteiger partial charge in [-0.05, 0) is 56.7 Å². The van der Waals surface area contributed by atoms with Crippen LogP contribution in [0.4, 0.5) is 0 Å². The van der Waals surface area contributed by atoms with Crippen LogP contribution in [0.15, 0.2) is 59.9 Å². The Balaban J connectivity index is 1.43. The molecule has 2 aromatic heterocycles. The van der Waals surface area contributed by atoms with Gasteiger partial charge in [-0.1, -0.05) is 36.4 Å². The Morgan fingerprint density at radius 1 is 0.674 bits per heavy atom. The Morgan fingerprint density at radius 2 is 1.17 bits per heavy atom. The summed E-state index contributed by atoms with van der Waals surface area (Å²) in [7, 11) is 3.74. The van der Waals surface area contributed by atoms with Crippen LogP contribution in [-0.4, -0.2) is 66.8 Å². The Morgan fingerprint density at radius 3 is 1.76 bits per heavy atom. The molecule has 10 nitrogen and oxygen atoms in total. The fraction of sp³-hybridized carbons (Fsp3) is 0.333. The first-order valence-electron chi connectivity index (χ1n) is 16.2. The standard InChI is InChI=1S/C36H36N6O4/c1-37-27-15-7-5-13-23(27)25-21-29(35(43)39-17-9-3-10-18-39)41(45)33(31(25)37)34-32-26(24-14-6-8-16-28(24)38(32)2)22-30(42(34)46)36(44)40-19-11-4-12-20-40/h5-8,13-16,21-22H,3-4,9-12,17-20H2,1-2H3. The van der Waals surface area contributed by atoms with Crippen molar-refractivity contribution in [3.63, 3.8) is 0 Å². The molecule has 234 valence electrons. The number of nitrogens with zero attached hydrogens (tertiary/aromatic N) is 6. The summed E-state index contributed by atoms with van der Waals surface area (Å²) in [6.45, 7) is 2.32. The van der Waals surface area contributed by atoms with E-state index in [9.17, 15) is 19.7 Å². The zero-order valence-corrected chi connectivity index (χ0v) is 26.2. The first kappa shape index (κ1) is 28.5. The van der Waals surface area contributed by atoms with Gasteiger partial charge in [0.05, 0.1) is 16.2 Å². The number of fused-ring (bicyclic) bond motifs is 6. The molecule has 8 rings (SSSR count). The first-order chi connectivity index (χ1) is 22.4. The number of amides is 2. The van der Waals surface area contributed by atoms with Crippen LogP contribution < -0.4 is 0 Å². The van der Waals surface area contributed by atoms with Crippen LogP contribution in [0.2, 0.25) is 0 Å². The molecule has 0 bridgehead atoms. The number of nitroso groups, excluding NO2 is 1. The lowest BCUT2D eigenvalue weighted by molar-refractivity contribution is -0.393. The van der Waals surface area contributed by atoms with Gasteiger partial charge in [0, 0.05) is 84.2 Å². The summed E-state index contributed by atoms with van der Waals surface area (Å²) in [6, 6.07) is 15.6. The van der Waals surface area contributed by atoms with Crippen LogP contribution >= 0.6 is 0 Å². The van der Waals surface area contributed by atoms with Crippen molar-refractivity contribution in [3.05, 3.63) is 92.6 Å². The van der Waals surface area contributed by atoms with Crippen molar-refractivity contribution in [1.29, 1.82) is 0 Å². The molecule has 2 saturated heterocycles. The SMILES string of the molecule is Cn1c2c(c3ccccc31)C=C(C(=O)N1CCCCC1)N([O-])C2=C1c2c(c3ccccc3n2C)C=C(C(=O)N2CCCCC2)[N+]1=O. The third-order valence-corrected chi connectivity index (χ3v) is 10.1. The molecule has 0 unspecified atom stereocenters. The quantitative estimate of drug-likeness (QED) is 0.265. The number of benzene rings is 2. The molecule has 4 aliphatic rings. The highest BCUT2D eigenvalue weighted by molar-refractivity contribution is 6.11. The van der Waals surface area contributed by atoms with E-state index in [2.05, 4.69) is 0 Å². The van der Waals surface area contributed by atoms with Crippen LogP contribution in [-0.2, 0) is 23.7 Å². The van der Waals surface area contributed by atoms with Gasteiger partial charge in [0.15, 0.2) is 0 Å². The number of piperidine rings is 2. The highest BCUT2D eigenvalue weighted by Crippen LogP contribution is 2.47. The van der Waals surface area contributed by atoms with Gasteiger partial charge in [0.1, 0.15) is 11.4 Å². The zero-order chi connectivity index (χ0) is 31.7. The summed E-state index contributed by atoms with van der Waals surface area (Å²) in [4.78, 5) is 46.4. The fourth-order valence-electron chi connectivity index (χ4n) is 7.77. The van der Waals surface area contributed by atoms with Crippen LogP contribution in [0.5, 0.6) is 0 Å². The molecule has 0 N–H and O–H groups in total. The number of para-hydroxylation sites is 2. The summed E-state index contributed by atoms with van der Waals surface area (Å²) in [5, 5.41) is 17.2. The van der Waals surface area contributed by atoms with Crippen molar-refractivity contribution in [2.45, 2.75) is 38.5 Å². The molecule has 4 aliphatic heterocycles. The van der Waals surface area contributed by atoms with E-state index in [1.807, 2.05) is 71.8 Å². The minimum absolute atomic E-state index is 0.0274. The van der Waals surface area contributed by atoms with Crippen molar-refractivity contribution >= 4 is 57.2 Å². The number of hydrogen-bond donors (Lipinski definition) is 0. The average Bonchev–Trinajstić information content (AvgIpc) is 3.55. The summed E-state index contributed by atoms with van der Waals surface area (Å²) in [6.07, 6.45) is 8.97. The van der Waals surface area contributed by atoms with Crippen LogP contribution in [0.1, 0.15) is 61.0 Å². The second kappa shape index (κ2) is 10.8. The summed E-state index contributed by atoms with van der Waals surface area (Å²) in [5.41, 5.74) is 4.29. The van der Waals surface area contributed by atoms with Crippen LogP contribution in [0, 0.1) is 10.1 Å². The van der Waals surface area contributed by atoms with E-state index in [1.54, 1.807) is 22.0 Å². The Hall–Kier alpha value is -4.96. The number of hydrogen-bond acceptors (Lipinski definition) is 5. The number of likely N-dealkylation sites (tertiary alicyclic amines) is 2. The molecule has 10 heteroatoms. The lowest BCUT2D eigenvalue weighted by Crippen LogP contribution is -2.41. The van der Waals surface area contributed by atoms with Gasteiger partial charge in [-0.2, -0.15) is 0 Å². The van der Waals surface area contributed by atoms with E-state index in [-0.39, 0.29) is 34.6 Å². The summed E-state index contributed by atoms with van der Waals surface area (Å²) >= 11 is 0. The molecule has 0 aliphatic carbocycles. The second-order valence-electron chi connectivity index (χ2n) is 12.7. The molecule has 0 atom stereocenters. The van der Waals surface area contributed by atoms with Gasteiger partial charge >= 0.3 is 17.3 Å². The molecule has 0 spiro atoms. The van der Waals surface area contributed by atoms with Gasteiger partial charge in [0.2, 0.25) is 0 Å². The molecular weight excluding hydrogens is 580 g/mol. The Labute approximate surface area is 266 Å². The van der Waals surface area contributed by atoms with E-state index in [4.69, 9.17) is 0 Å². The van der Waals surface area contributed by atoms with E-state index in [1.165, 1.54) is 0 Å². The molecule has 2 amide bonds. The van der Waals surface area contributed by atoms with Gasteiger partial charge in [0.25, 0.3) is 5.91 Å². The Bertz CT molecular complexity index is 2070. The molecular formula is C36H36N6O4. The second-order valence-corrected chi connectivity index (χ2v) is 12.7. The van der Waals surface area contributed by atoms with E-state index < -0.39 is 0 Å². The maximum absolute atomic E-state index is 14.8. The number of carbonyl (C=O) groups excluding carboxylic acids is 2. The van der Waals surface area contributed by atoms with E-state index >= 15 is 0 Å². The van der Waals surface area contributed by atoms with Crippen molar-refractivity contribution in [1.82, 2.24) is 24.0 Å². The smallest absolute Gasteiger partial charge is 0.328 e. The van der Waals surface area contributed by atoms with Crippen molar-refractivity contribution in [2.24, 2.45) is 14.1 Å². The maximum atomic E-state index is 14.8. The molecule has 6 heterocycles. The minimum Gasteiger partial charge on any atom is -0.753 e. The van der Waals surface area contributed by atoms with Gasteiger partial charge in [-0.3, -0.25) is 9.59 Å². The predicted molar refractivity (Wildman–Crippen MR) is 178 cm³/mol. The molecule has 0 radical (unpaired) electrons. The number of aromatic nitrogens is 2. The average molecular weight is 617 g/mol. The zero-order valence-electron chi connectivity index (χ0n) is 26.2. The van der Waals surface area contributed by atoms with Gasteiger partial charge < -0.3 is 29.2 Å². The first-order valence-corrected chi connectivity index (χ1v) is 16.2. The summed E-state index contributed by atoms with van der Waals surface area (Å²) < 4.78 is 4.47. The van der Waals surface area contributed by atoms with Gasteiger partial charge in [-0.15, -0.1) is 0 Å². The normalized spacial score (nSPS) is 20.2. The highest BCUT2D eigenvalue weighted by Gasteiger charge is 2.47. The highest BCUT2D eigenvalue weighted by atomic mass is 16.5. The summed E-state index contributed by atoms with van der Waals surface area (Å²) in [5.74, 6) is -0.700. The molecule has 4 aromatic rings. The number of hydroxylamine groups is 2. The third kappa shape index (κ3) is 4.12. The van der Waals surface area contributed by atoms with Crippen molar-refractivity contribution < 1.29 is 14.3 Å². The fourth-order valence-corrected chi connectivity index (χ4v) is 7.77. The molecule has 2 aromatic carbocycles. The predicted octanol–water partition coefficient (Wildman–Crippen LogP) is 5.81. The van der Waals surface area contributed by atoms with E-state index in [0.717, 1.165) is 60.3 Å². The number of aryl methyl sites for hydroxylation is 2. The monoisotopic (exact) mass is 616 g/mol.